The number of fused-ring (bicyclic) bond motifs is 5. The number of hydrogen-bond acceptors (Lipinski definition) is 3. The fourth-order valence-corrected chi connectivity index (χ4v) is 4.40. The molecule has 5 atom stereocenters. The van der Waals surface area contributed by atoms with Gasteiger partial charge < -0.3 is 16.3 Å². The quantitative estimate of drug-likeness (QED) is 0.300. The summed E-state index contributed by atoms with van der Waals surface area (Å²) in [5, 5.41) is 14.6. The first-order chi connectivity index (χ1) is 8.67. The van der Waals surface area contributed by atoms with Gasteiger partial charge in [-0.05, 0) is 49.4 Å². The van der Waals surface area contributed by atoms with Crippen molar-refractivity contribution in [2.24, 2.45) is 40.5 Å². The summed E-state index contributed by atoms with van der Waals surface area (Å²) in [6, 6.07) is -0.332. The highest BCUT2D eigenvalue weighted by molar-refractivity contribution is 5.91. The summed E-state index contributed by atoms with van der Waals surface area (Å²) in [6.07, 6.45) is 4.62. The van der Waals surface area contributed by atoms with Crippen molar-refractivity contribution in [1.82, 2.24) is 5.32 Å². The Bertz CT molecular complexity index is 380. The molecule has 100 valence electrons. The van der Waals surface area contributed by atoms with Gasteiger partial charge in [0, 0.05) is 5.92 Å². The number of nitrogens with one attached hydrogen (secondary N) is 1. The van der Waals surface area contributed by atoms with E-state index >= 15 is 0 Å². The maximum absolute atomic E-state index is 12.2. The van der Waals surface area contributed by atoms with E-state index in [-0.39, 0.29) is 23.7 Å². The Kier molecular flexibility index (Phi) is 2.72. The Morgan fingerprint density at radius 2 is 2.06 bits per heavy atom. The molecule has 3 rings (SSSR count). The lowest BCUT2D eigenvalue weighted by molar-refractivity contribution is -0.123. The van der Waals surface area contributed by atoms with Crippen LogP contribution >= 0.6 is 0 Å². The zero-order valence-electron chi connectivity index (χ0n) is 10.7. The summed E-state index contributed by atoms with van der Waals surface area (Å²) in [7, 11) is 0. The molecule has 3 aliphatic rings. The summed E-state index contributed by atoms with van der Waals surface area (Å²) < 4.78 is 0. The summed E-state index contributed by atoms with van der Waals surface area (Å²) in [5.41, 5.74) is 5.56. The van der Waals surface area contributed by atoms with Crippen LogP contribution in [0.3, 0.4) is 0 Å². The first-order valence-electron chi connectivity index (χ1n) is 6.95. The molecule has 0 aromatic carbocycles. The summed E-state index contributed by atoms with van der Waals surface area (Å²) in [4.78, 5) is 12.2. The summed E-state index contributed by atoms with van der Waals surface area (Å²) in [5.74, 6) is 3.26. The van der Waals surface area contributed by atoms with Gasteiger partial charge in [-0.3, -0.25) is 4.79 Å². The van der Waals surface area contributed by atoms with Gasteiger partial charge in [-0.25, -0.2) is 0 Å². The van der Waals surface area contributed by atoms with Gasteiger partial charge in [0.1, 0.15) is 0 Å². The Hall–Kier alpha value is -1.26. The van der Waals surface area contributed by atoms with Crippen LogP contribution in [0.4, 0.5) is 0 Å². The maximum atomic E-state index is 12.2. The molecule has 2 bridgehead atoms. The van der Waals surface area contributed by atoms with E-state index in [9.17, 15) is 4.79 Å². The molecular formula is C13H21N3O2. The van der Waals surface area contributed by atoms with Crippen LogP contribution in [0.1, 0.15) is 32.6 Å². The number of carbonyl (C=O) groups is 1. The first kappa shape index (κ1) is 11.8. The number of hydrogen-bond donors (Lipinski definition) is 3. The predicted molar refractivity (Wildman–Crippen MR) is 66.9 cm³/mol. The topological polar surface area (TPSA) is 87.7 Å². The van der Waals surface area contributed by atoms with E-state index in [2.05, 4.69) is 10.5 Å². The molecule has 3 saturated carbocycles. The Morgan fingerprint density at radius 1 is 1.44 bits per heavy atom. The monoisotopic (exact) mass is 251 g/mol. The lowest BCUT2D eigenvalue weighted by Gasteiger charge is -2.16. The Balaban J connectivity index is 1.60. The van der Waals surface area contributed by atoms with Gasteiger partial charge >= 0.3 is 0 Å². The number of amides is 1. The van der Waals surface area contributed by atoms with E-state index in [1.54, 1.807) is 0 Å². The average Bonchev–Trinajstić information content (AvgIpc) is 2.84. The van der Waals surface area contributed by atoms with Crippen LogP contribution in [-0.2, 0) is 4.79 Å². The Labute approximate surface area is 107 Å². The van der Waals surface area contributed by atoms with Crippen molar-refractivity contribution in [3.8, 4) is 0 Å². The van der Waals surface area contributed by atoms with Crippen LogP contribution < -0.4 is 11.1 Å². The molecule has 5 nitrogen and oxygen atoms in total. The second-order valence-corrected chi connectivity index (χ2v) is 6.01. The van der Waals surface area contributed by atoms with Gasteiger partial charge in [0.2, 0.25) is 5.91 Å². The minimum atomic E-state index is -0.332. The summed E-state index contributed by atoms with van der Waals surface area (Å²) >= 11 is 0. The van der Waals surface area contributed by atoms with Crippen molar-refractivity contribution in [2.45, 2.75) is 38.6 Å². The van der Waals surface area contributed by atoms with Crippen LogP contribution in [0.25, 0.3) is 0 Å². The highest BCUT2D eigenvalue weighted by Gasteiger charge is 2.67. The standard InChI is InChI=1S/C13H21N3O2/c1-2-8(12(14)16-18)15-13(17)11-9-6-3-4-7(5-6)10(9)11/h6-11,18H,2-5H2,1H3,(H2,14,16)(H,15,17). The number of rotatable bonds is 4. The van der Waals surface area contributed by atoms with Crippen LogP contribution in [0, 0.1) is 29.6 Å². The molecule has 3 aliphatic carbocycles. The van der Waals surface area contributed by atoms with Gasteiger partial charge in [0.15, 0.2) is 5.84 Å². The number of nitrogens with two attached hydrogens (primary N) is 1. The molecule has 0 radical (unpaired) electrons. The third-order valence-electron chi connectivity index (χ3n) is 5.24. The smallest absolute Gasteiger partial charge is 0.224 e. The van der Waals surface area contributed by atoms with Gasteiger partial charge in [-0.1, -0.05) is 12.1 Å². The zero-order chi connectivity index (χ0) is 12.9. The molecule has 0 aliphatic heterocycles. The maximum Gasteiger partial charge on any atom is 0.224 e. The third kappa shape index (κ3) is 1.60. The molecule has 0 aromatic rings. The van der Waals surface area contributed by atoms with Gasteiger partial charge in [0.05, 0.1) is 6.04 Å². The largest absolute Gasteiger partial charge is 0.409 e. The van der Waals surface area contributed by atoms with Crippen molar-refractivity contribution in [1.29, 1.82) is 0 Å². The fraction of sp³-hybridized carbons (Fsp3) is 0.846. The normalized spacial score (nSPS) is 42.5. The van der Waals surface area contributed by atoms with Gasteiger partial charge in [-0.2, -0.15) is 0 Å². The van der Waals surface area contributed by atoms with Gasteiger partial charge in [0.25, 0.3) is 0 Å². The average molecular weight is 251 g/mol. The Morgan fingerprint density at radius 3 is 2.56 bits per heavy atom. The van der Waals surface area contributed by atoms with Crippen LogP contribution in [0.2, 0.25) is 0 Å². The first-order valence-corrected chi connectivity index (χ1v) is 6.95. The van der Waals surface area contributed by atoms with E-state index < -0.39 is 0 Å². The fourth-order valence-electron chi connectivity index (χ4n) is 4.40. The molecule has 0 heterocycles. The lowest BCUT2D eigenvalue weighted by atomic mass is 10.0. The van der Waals surface area contributed by atoms with Crippen molar-refractivity contribution in [3.63, 3.8) is 0 Å². The van der Waals surface area contributed by atoms with E-state index in [1.165, 1.54) is 19.3 Å². The minimum Gasteiger partial charge on any atom is -0.409 e. The third-order valence-corrected chi connectivity index (χ3v) is 5.24. The molecule has 0 saturated heterocycles. The SMILES string of the molecule is CCC(NC(=O)C1C2C3CCC(C3)C12)C(N)=NO. The van der Waals surface area contributed by atoms with E-state index in [0.717, 1.165) is 11.8 Å². The molecular weight excluding hydrogens is 230 g/mol. The number of amidine groups is 1. The number of carbonyl (C=O) groups excluding carboxylic acids is 1. The molecule has 5 unspecified atom stereocenters. The number of nitrogens with zero attached hydrogens (tertiary/aromatic N) is 1. The van der Waals surface area contributed by atoms with E-state index in [4.69, 9.17) is 10.9 Å². The summed E-state index contributed by atoms with van der Waals surface area (Å²) in [6.45, 7) is 1.92. The second-order valence-electron chi connectivity index (χ2n) is 6.01. The van der Waals surface area contributed by atoms with E-state index in [1.807, 2.05) is 6.92 Å². The highest BCUT2D eigenvalue weighted by atomic mass is 16.4. The van der Waals surface area contributed by atoms with Crippen molar-refractivity contribution < 1.29 is 10.0 Å². The van der Waals surface area contributed by atoms with E-state index in [0.29, 0.717) is 18.3 Å². The molecule has 4 N–H and O–H groups in total. The van der Waals surface area contributed by atoms with Gasteiger partial charge in [-0.15, -0.1) is 0 Å². The van der Waals surface area contributed by atoms with Crippen molar-refractivity contribution in [3.05, 3.63) is 0 Å². The van der Waals surface area contributed by atoms with Crippen LogP contribution in [0.5, 0.6) is 0 Å². The molecule has 0 spiro atoms. The molecule has 1 amide bonds. The van der Waals surface area contributed by atoms with Crippen LogP contribution in [0.15, 0.2) is 5.16 Å². The lowest BCUT2D eigenvalue weighted by Crippen LogP contribution is -2.45. The molecule has 0 aromatic heterocycles. The predicted octanol–water partition coefficient (Wildman–Crippen LogP) is 0.920. The number of oxime groups is 1. The minimum absolute atomic E-state index is 0.0969. The van der Waals surface area contributed by atoms with Crippen molar-refractivity contribution >= 4 is 11.7 Å². The highest BCUT2D eigenvalue weighted by Crippen LogP contribution is 2.69. The molecule has 3 fully saturated rings. The van der Waals surface area contributed by atoms with Crippen LogP contribution in [-0.4, -0.2) is 23.0 Å². The molecule has 18 heavy (non-hydrogen) atoms. The molecule has 5 heteroatoms. The second kappa shape index (κ2) is 4.14. The van der Waals surface area contributed by atoms with Crippen molar-refractivity contribution in [2.75, 3.05) is 0 Å². The zero-order valence-corrected chi connectivity index (χ0v) is 10.7.